The van der Waals surface area contributed by atoms with E-state index < -0.39 is 15.8 Å². The minimum absolute atomic E-state index is 0.178. The summed E-state index contributed by atoms with van der Waals surface area (Å²) in [6.07, 6.45) is 0. The van der Waals surface area contributed by atoms with E-state index in [1.165, 1.54) is 35.6 Å². The summed E-state index contributed by atoms with van der Waals surface area (Å²) in [6, 6.07) is 5.41. The number of benzene rings is 1. The summed E-state index contributed by atoms with van der Waals surface area (Å²) in [4.78, 5) is 0. The van der Waals surface area contributed by atoms with Crippen LogP contribution in [0.1, 0.15) is 24.2 Å². The van der Waals surface area contributed by atoms with Gasteiger partial charge in [-0.15, -0.1) is 10.2 Å². The Morgan fingerprint density at radius 3 is 2.57 bits per heavy atom. The topological polar surface area (TPSA) is 91.8 Å². The molecule has 0 amide bonds. The van der Waals surface area contributed by atoms with Crippen LogP contribution >= 0.6 is 0 Å². The van der Waals surface area contributed by atoms with E-state index in [1.54, 1.807) is 0 Å². The average Bonchev–Trinajstić information content (AvgIpc) is 2.95. The molecule has 114 valence electrons. The van der Waals surface area contributed by atoms with Gasteiger partial charge >= 0.3 is 0 Å². The number of nitrogens with zero attached hydrogens (tertiary/aromatic N) is 4. The number of aromatic amines is 1. The highest BCUT2D eigenvalue weighted by Gasteiger charge is 2.22. The zero-order valence-electron chi connectivity index (χ0n) is 11.7. The van der Waals surface area contributed by atoms with Crippen LogP contribution in [0.25, 0.3) is 0 Å². The highest BCUT2D eigenvalue weighted by molar-refractivity contribution is 7.88. The molecule has 2 rings (SSSR count). The molecule has 1 heterocycles. The highest BCUT2D eigenvalue weighted by Crippen LogP contribution is 2.15. The van der Waals surface area contributed by atoms with Crippen LogP contribution in [-0.4, -0.2) is 46.9 Å². The van der Waals surface area contributed by atoms with Gasteiger partial charge in [-0.1, -0.05) is 24.3 Å². The fourth-order valence-corrected chi connectivity index (χ4v) is 3.15. The van der Waals surface area contributed by atoms with E-state index in [0.29, 0.717) is 11.4 Å². The fraction of sp³-hybridized carbons (Fsp3) is 0.417. The number of likely N-dealkylation sites (N-methyl/N-ethyl adjacent to an activating group) is 1. The number of hydrogen-bond donors (Lipinski definition) is 1. The van der Waals surface area contributed by atoms with Crippen molar-refractivity contribution in [2.75, 3.05) is 13.6 Å². The van der Waals surface area contributed by atoms with Crippen molar-refractivity contribution in [3.8, 4) is 0 Å². The lowest BCUT2D eigenvalue weighted by molar-refractivity contribution is 0.439. The van der Waals surface area contributed by atoms with Gasteiger partial charge in [-0.25, -0.2) is 17.1 Å². The van der Waals surface area contributed by atoms with Gasteiger partial charge in [0.1, 0.15) is 5.82 Å². The number of halogens is 1. The second kappa shape index (κ2) is 6.27. The van der Waals surface area contributed by atoms with E-state index in [1.807, 2.05) is 6.92 Å². The zero-order valence-corrected chi connectivity index (χ0v) is 12.5. The van der Waals surface area contributed by atoms with Crippen molar-refractivity contribution in [3.05, 3.63) is 41.5 Å². The molecule has 0 radical (unpaired) electrons. The van der Waals surface area contributed by atoms with Crippen molar-refractivity contribution in [1.29, 1.82) is 0 Å². The molecule has 1 aromatic heterocycles. The molecule has 1 atom stereocenters. The second-order valence-corrected chi connectivity index (χ2v) is 6.91. The molecular weight excluding hydrogens is 297 g/mol. The molecule has 0 aliphatic carbocycles. The van der Waals surface area contributed by atoms with Crippen LogP contribution in [0, 0.1) is 5.82 Å². The van der Waals surface area contributed by atoms with E-state index in [9.17, 15) is 12.8 Å². The molecule has 0 saturated carbocycles. The molecule has 1 N–H and O–H groups in total. The Kier molecular flexibility index (Phi) is 4.63. The number of nitrogens with one attached hydrogen (secondary N) is 1. The number of hydrogen-bond acceptors (Lipinski definition) is 5. The van der Waals surface area contributed by atoms with Gasteiger partial charge < -0.3 is 0 Å². The predicted molar refractivity (Wildman–Crippen MR) is 74.2 cm³/mol. The average molecular weight is 313 g/mol. The molecule has 0 fully saturated rings. The van der Waals surface area contributed by atoms with Crippen molar-refractivity contribution in [2.45, 2.75) is 18.6 Å². The van der Waals surface area contributed by atoms with Gasteiger partial charge in [0.05, 0.1) is 5.75 Å². The Morgan fingerprint density at radius 2 is 2.00 bits per heavy atom. The lowest BCUT2D eigenvalue weighted by atomic mass is 10.2. The number of H-pyrrole nitrogens is 1. The maximum atomic E-state index is 12.8. The quantitative estimate of drug-likeness (QED) is 0.855. The highest BCUT2D eigenvalue weighted by atomic mass is 32.2. The number of sulfonamides is 1. The minimum Gasteiger partial charge on any atom is -0.212 e. The Labute approximate surface area is 122 Å². The third kappa shape index (κ3) is 4.05. The van der Waals surface area contributed by atoms with E-state index in [2.05, 4.69) is 20.6 Å². The van der Waals surface area contributed by atoms with Crippen LogP contribution in [0.3, 0.4) is 0 Å². The first-order chi connectivity index (χ1) is 9.88. The summed E-state index contributed by atoms with van der Waals surface area (Å²) >= 11 is 0. The first-order valence-electron chi connectivity index (χ1n) is 6.30. The maximum absolute atomic E-state index is 12.8. The van der Waals surface area contributed by atoms with Crippen molar-refractivity contribution in [2.24, 2.45) is 0 Å². The molecule has 21 heavy (non-hydrogen) atoms. The summed E-state index contributed by atoms with van der Waals surface area (Å²) < 4.78 is 38.6. The van der Waals surface area contributed by atoms with E-state index in [-0.39, 0.29) is 18.2 Å². The Morgan fingerprint density at radius 1 is 1.33 bits per heavy atom. The van der Waals surface area contributed by atoms with E-state index in [4.69, 9.17) is 0 Å². The van der Waals surface area contributed by atoms with Crippen LogP contribution in [0.2, 0.25) is 0 Å². The zero-order chi connectivity index (χ0) is 15.5. The summed E-state index contributed by atoms with van der Waals surface area (Å²) in [7, 11) is -1.99. The lowest BCUT2D eigenvalue weighted by Crippen LogP contribution is -2.31. The van der Waals surface area contributed by atoms with Crippen LogP contribution in [0.4, 0.5) is 4.39 Å². The number of aromatic nitrogens is 4. The van der Waals surface area contributed by atoms with Gasteiger partial charge in [0.2, 0.25) is 10.0 Å². The molecule has 0 aliphatic heterocycles. The lowest BCUT2D eigenvalue weighted by Gasteiger charge is -2.19. The standard InChI is InChI=1S/C12H16FN5O2S/c1-9(12-14-16-17-15-12)7-18(2)21(19,20)8-10-3-5-11(13)6-4-10/h3-6,9H,7-8H2,1-2H3,(H,14,15,16,17)/t9-/m0/s1. The third-order valence-electron chi connectivity index (χ3n) is 3.07. The Hall–Kier alpha value is -1.87. The first-order valence-corrected chi connectivity index (χ1v) is 7.91. The van der Waals surface area contributed by atoms with E-state index in [0.717, 1.165) is 0 Å². The van der Waals surface area contributed by atoms with Crippen LogP contribution in [0.15, 0.2) is 24.3 Å². The second-order valence-electron chi connectivity index (χ2n) is 4.83. The SMILES string of the molecule is C[C@@H](CN(C)S(=O)(=O)Cc1ccc(F)cc1)c1nn[nH]n1. The molecule has 0 saturated heterocycles. The summed E-state index contributed by atoms with van der Waals surface area (Å²) in [5, 5.41) is 13.5. The molecule has 7 nitrogen and oxygen atoms in total. The van der Waals surface area contributed by atoms with Crippen molar-refractivity contribution < 1.29 is 12.8 Å². The monoisotopic (exact) mass is 313 g/mol. The van der Waals surface area contributed by atoms with Crippen molar-refractivity contribution in [1.82, 2.24) is 24.9 Å². The molecule has 0 unspecified atom stereocenters. The minimum atomic E-state index is -3.49. The van der Waals surface area contributed by atoms with Gasteiger partial charge in [-0.3, -0.25) is 0 Å². The predicted octanol–water partition coefficient (Wildman–Crippen LogP) is 0.904. The van der Waals surface area contributed by atoms with Gasteiger partial charge in [0, 0.05) is 19.5 Å². The molecule has 0 bridgehead atoms. The molecule has 0 spiro atoms. The molecule has 0 aliphatic rings. The summed E-state index contributed by atoms with van der Waals surface area (Å²) in [5.41, 5.74) is 0.537. The van der Waals surface area contributed by atoms with Crippen LogP contribution in [0.5, 0.6) is 0 Å². The molecular formula is C12H16FN5O2S. The fourth-order valence-electron chi connectivity index (χ4n) is 1.86. The molecule has 2 aromatic rings. The Balaban J connectivity index is 2.03. The van der Waals surface area contributed by atoms with E-state index >= 15 is 0 Å². The van der Waals surface area contributed by atoms with Gasteiger partial charge in [-0.2, -0.15) is 5.21 Å². The third-order valence-corrected chi connectivity index (χ3v) is 4.87. The summed E-state index contributed by atoms with van der Waals surface area (Å²) in [6.45, 7) is 2.05. The summed E-state index contributed by atoms with van der Waals surface area (Å²) in [5.74, 6) is -0.297. The molecule has 1 aromatic carbocycles. The van der Waals surface area contributed by atoms with Crippen molar-refractivity contribution >= 4 is 10.0 Å². The Bertz CT molecular complexity index is 672. The largest absolute Gasteiger partial charge is 0.218 e. The van der Waals surface area contributed by atoms with Crippen LogP contribution in [-0.2, 0) is 15.8 Å². The van der Waals surface area contributed by atoms with Crippen molar-refractivity contribution in [3.63, 3.8) is 0 Å². The number of tetrazole rings is 1. The van der Waals surface area contributed by atoms with Gasteiger partial charge in [0.15, 0.2) is 5.82 Å². The van der Waals surface area contributed by atoms with Crippen LogP contribution < -0.4 is 0 Å². The molecule has 9 heteroatoms. The normalized spacial score (nSPS) is 13.5. The smallest absolute Gasteiger partial charge is 0.212 e. The maximum Gasteiger partial charge on any atom is 0.218 e. The van der Waals surface area contributed by atoms with Gasteiger partial charge in [-0.05, 0) is 17.7 Å². The first kappa shape index (κ1) is 15.5. The number of rotatable bonds is 6. The van der Waals surface area contributed by atoms with Gasteiger partial charge in [0.25, 0.3) is 0 Å².